The van der Waals surface area contributed by atoms with Crippen molar-refractivity contribution in [1.82, 2.24) is 0 Å². The Hall–Kier alpha value is -0.0800. The van der Waals surface area contributed by atoms with E-state index in [4.69, 9.17) is 10.5 Å². The lowest BCUT2D eigenvalue weighted by Crippen LogP contribution is -2.26. The second-order valence-corrected chi connectivity index (χ2v) is 3.86. The van der Waals surface area contributed by atoms with E-state index in [0.717, 1.165) is 32.0 Å². The number of nitrogens with two attached hydrogens (primary N) is 1. The van der Waals surface area contributed by atoms with Gasteiger partial charge in [0, 0.05) is 12.6 Å². The average Bonchev–Trinajstić information content (AvgIpc) is 2.84. The highest BCUT2D eigenvalue weighted by molar-refractivity contribution is 4.75. The molecule has 1 unspecified atom stereocenters. The third-order valence-corrected chi connectivity index (χ3v) is 2.32. The third kappa shape index (κ3) is 4.73. The lowest BCUT2D eigenvalue weighted by Gasteiger charge is -2.10. The summed E-state index contributed by atoms with van der Waals surface area (Å²) in [7, 11) is 0. The van der Waals surface area contributed by atoms with Gasteiger partial charge in [0.15, 0.2) is 0 Å². The summed E-state index contributed by atoms with van der Waals surface area (Å²) in [5, 5.41) is 0. The van der Waals surface area contributed by atoms with E-state index in [1.807, 2.05) is 0 Å². The Balaban J connectivity index is 1.84. The Kier molecular flexibility index (Phi) is 4.62. The van der Waals surface area contributed by atoms with Crippen LogP contribution in [0.25, 0.3) is 0 Å². The minimum atomic E-state index is 0.275. The fourth-order valence-electron chi connectivity index (χ4n) is 1.32. The van der Waals surface area contributed by atoms with Gasteiger partial charge >= 0.3 is 0 Å². The highest BCUT2D eigenvalue weighted by atomic mass is 16.5. The Bertz CT molecular complexity index is 112. The van der Waals surface area contributed by atoms with Crippen molar-refractivity contribution < 1.29 is 4.74 Å². The van der Waals surface area contributed by atoms with Gasteiger partial charge in [0.1, 0.15) is 0 Å². The van der Waals surface area contributed by atoms with E-state index in [2.05, 4.69) is 6.92 Å². The van der Waals surface area contributed by atoms with Crippen LogP contribution >= 0.6 is 0 Å². The maximum Gasteiger partial charge on any atom is 0.0617 e. The van der Waals surface area contributed by atoms with Crippen LogP contribution in [0.3, 0.4) is 0 Å². The summed E-state index contributed by atoms with van der Waals surface area (Å²) in [6, 6.07) is 0.275. The largest absolute Gasteiger partial charge is 0.380 e. The maximum absolute atomic E-state index is 5.87. The maximum atomic E-state index is 5.87. The van der Waals surface area contributed by atoms with Gasteiger partial charge in [-0.3, -0.25) is 0 Å². The minimum absolute atomic E-state index is 0.275. The second kappa shape index (κ2) is 5.55. The predicted molar refractivity (Wildman–Crippen MR) is 51.0 cm³/mol. The molecule has 0 spiro atoms. The van der Waals surface area contributed by atoms with Crippen molar-refractivity contribution in [3.8, 4) is 0 Å². The minimum Gasteiger partial charge on any atom is -0.380 e. The summed E-state index contributed by atoms with van der Waals surface area (Å²) in [5.74, 6) is 1.00. The Morgan fingerprint density at radius 3 is 2.83 bits per heavy atom. The van der Waals surface area contributed by atoms with Crippen molar-refractivity contribution in [2.75, 3.05) is 13.2 Å². The second-order valence-electron chi connectivity index (χ2n) is 3.86. The SMILES string of the molecule is CCCOCC(N)CCC1CC1. The van der Waals surface area contributed by atoms with Crippen molar-refractivity contribution in [3.05, 3.63) is 0 Å². The van der Waals surface area contributed by atoms with Crippen molar-refractivity contribution in [2.24, 2.45) is 11.7 Å². The molecule has 0 aliphatic heterocycles. The third-order valence-electron chi connectivity index (χ3n) is 2.32. The Morgan fingerprint density at radius 1 is 1.50 bits per heavy atom. The molecule has 0 amide bonds. The molecule has 1 aliphatic carbocycles. The van der Waals surface area contributed by atoms with Gasteiger partial charge in [0.2, 0.25) is 0 Å². The highest BCUT2D eigenvalue weighted by Gasteiger charge is 2.21. The number of hydrogen-bond donors (Lipinski definition) is 1. The fourth-order valence-corrected chi connectivity index (χ4v) is 1.32. The molecule has 2 heteroatoms. The van der Waals surface area contributed by atoms with Gasteiger partial charge in [-0.25, -0.2) is 0 Å². The predicted octanol–water partition coefficient (Wildman–Crippen LogP) is 1.93. The standard InChI is InChI=1S/C10H21NO/c1-2-7-12-8-10(11)6-5-9-3-4-9/h9-10H,2-8,11H2,1H3. The molecule has 1 saturated carbocycles. The first kappa shape index (κ1) is 10.0. The molecule has 1 fully saturated rings. The summed E-state index contributed by atoms with van der Waals surface area (Å²) in [5.41, 5.74) is 5.87. The van der Waals surface area contributed by atoms with Crippen LogP contribution in [0.15, 0.2) is 0 Å². The molecule has 2 nitrogen and oxygen atoms in total. The van der Waals surface area contributed by atoms with Crippen LogP contribution in [0.5, 0.6) is 0 Å². The Morgan fingerprint density at radius 2 is 2.25 bits per heavy atom. The molecule has 1 rings (SSSR count). The van der Waals surface area contributed by atoms with Crippen LogP contribution in [-0.4, -0.2) is 19.3 Å². The summed E-state index contributed by atoms with van der Waals surface area (Å²) in [6.45, 7) is 3.73. The quantitative estimate of drug-likeness (QED) is 0.594. The van der Waals surface area contributed by atoms with E-state index in [1.54, 1.807) is 0 Å². The number of ether oxygens (including phenoxy) is 1. The molecule has 0 saturated heterocycles. The van der Waals surface area contributed by atoms with Gasteiger partial charge in [-0.15, -0.1) is 0 Å². The number of rotatable bonds is 7. The van der Waals surface area contributed by atoms with Gasteiger partial charge in [0.25, 0.3) is 0 Å². The lowest BCUT2D eigenvalue weighted by molar-refractivity contribution is 0.118. The molecule has 2 N–H and O–H groups in total. The molecule has 0 aromatic rings. The van der Waals surface area contributed by atoms with Crippen LogP contribution in [-0.2, 0) is 4.74 Å². The molecule has 0 heterocycles. The van der Waals surface area contributed by atoms with Crippen LogP contribution < -0.4 is 5.73 Å². The first-order valence-corrected chi connectivity index (χ1v) is 5.16. The Labute approximate surface area is 75.5 Å². The van der Waals surface area contributed by atoms with Crippen LogP contribution in [0.4, 0.5) is 0 Å². The van der Waals surface area contributed by atoms with E-state index in [-0.39, 0.29) is 6.04 Å². The lowest BCUT2D eigenvalue weighted by atomic mass is 10.1. The van der Waals surface area contributed by atoms with Gasteiger partial charge in [0.05, 0.1) is 6.61 Å². The van der Waals surface area contributed by atoms with Crippen molar-refractivity contribution >= 4 is 0 Å². The van der Waals surface area contributed by atoms with E-state index in [9.17, 15) is 0 Å². The van der Waals surface area contributed by atoms with E-state index < -0.39 is 0 Å². The van der Waals surface area contributed by atoms with Crippen molar-refractivity contribution in [1.29, 1.82) is 0 Å². The van der Waals surface area contributed by atoms with E-state index in [1.165, 1.54) is 19.3 Å². The number of hydrogen-bond acceptors (Lipinski definition) is 2. The summed E-state index contributed by atoms with van der Waals surface area (Å²) in [4.78, 5) is 0. The summed E-state index contributed by atoms with van der Waals surface area (Å²) >= 11 is 0. The first-order valence-electron chi connectivity index (χ1n) is 5.16. The molecular weight excluding hydrogens is 150 g/mol. The van der Waals surface area contributed by atoms with Crippen LogP contribution in [0.2, 0.25) is 0 Å². The van der Waals surface area contributed by atoms with Gasteiger partial charge in [-0.05, 0) is 25.2 Å². The zero-order chi connectivity index (χ0) is 8.81. The molecule has 12 heavy (non-hydrogen) atoms. The smallest absolute Gasteiger partial charge is 0.0617 e. The van der Waals surface area contributed by atoms with Crippen molar-refractivity contribution in [3.63, 3.8) is 0 Å². The zero-order valence-corrected chi connectivity index (χ0v) is 8.09. The molecule has 72 valence electrons. The van der Waals surface area contributed by atoms with Gasteiger partial charge in [-0.2, -0.15) is 0 Å². The average molecular weight is 171 g/mol. The van der Waals surface area contributed by atoms with E-state index >= 15 is 0 Å². The molecule has 0 bridgehead atoms. The normalized spacial score (nSPS) is 19.5. The fraction of sp³-hybridized carbons (Fsp3) is 1.00. The van der Waals surface area contributed by atoms with Crippen LogP contribution in [0, 0.1) is 5.92 Å². The molecule has 0 radical (unpaired) electrons. The van der Waals surface area contributed by atoms with Crippen LogP contribution in [0.1, 0.15) is 39.0 Å². The topological polar surface area (TPSA) is 35.2 Å². The van der Waals surface area contributed by atoms with Crippen molar-refractivity contribution in [2.45, 2.75) is 45.1 Å². The summed E-state index contributed by atoms with van der Waals surface area (Å²) in [6.07, 6.45) is 6.42. The van der Waals surface area contributed by atoms with Gasteiger partial charge in [-0.1, -0.05) is 19.8 Å². The summed E-state index contributed by atoms with van der Waals surface area (Å²) < 4.78 is 5.37. The van der Waals surface area contributed by atoms with E-state index in [0.29, 0.717) is 0 Å². The molecule has 0 aromatic heterocycles. The zero-order valence-electron chi connectivity index (χ0n) is 8.09. The monoisotopic (exact) mass is 171 g/mol. The molecular formula is C10H21NO. The molecule has 1 aliphatic rings. The highest BCUT2D eigenvalue weighted by Crippen LogP contribution is 2.33. The molecule has 0 aromatic carbocycles. The molecule has 1 atom stereocenters. The van der Waals surface area contributed by atoms with Gasteiger partial charge < -0.3 is 10.5 Å². The first-order chi connectivity index (χ1) is 5.83.